The Morgan fingerprint density at radius 2 is 2.24 bits per heavy atom. The summed E-state index contributed by atoms with van der Waals surface area (Å²) >= 11 is 0. The Morgan fingerprint density at radius 1 is 1.32 bits per heavy atom. The Balaban J connectivity index is 1.46. The lowest BCUT2D eigenvalue weighted by molar-refractivity contribution is 0.409. The Bertz CT molecular complexity index is 602. The summed E-state index contributed by atoms with van der Waals surface area (Å²) in [5.74, 6) is 1.91. The molecule has 0 radical (unpaired) electrons. The van der Waals surface area contributed by atoms with Gasteiger partial charge < -0.3 is 15.1 Å². The summed E-state index contributed by atoms with van der Waals surface area (Å²) in [4.78, 5) is 4.74. The summed E-state index contributed by atoms with van der Waals surface area (Å²) < 4.78 is 7.23. The molecule has 1 aliphatic rings. The summed E-state index contributed by atoms with van der Waals surface area (Å²) in [5, 5.41) is 14.8. The second-order valence-corrected chi connectivity index (χ2v) is 6.49. The fourth-order valence-electron chi connectivity index (χ4n) is 3.13. The predicted octanol–water partition coefficient (Wildman–Crippen LogP) is 2.37. The van der Waals surface area contributed by atoms with Crippen molar-refractivity contribution in [2.75, 3.05) is 13.1 Å². The van der Waals surface area contributed by atoms with E-state index in [1.807, 2.05) is 23.0 Å². The largest absolute Gasteiger partial charge is 0.469 e. The van der Waals surface area contributed by atoms with E-state index in [2.05, 4.69) is 20.9 Å². The summed E-state index contributed by atoms with van der Waals surface area (Å²) in [6, 6.07) is 4.47. The Hall–Kier alpha value is -2.31. The van der Waals surface area contributed by atoms with Gasteiger partial charge in [0.25, 0.3) is 0 Å². The van der Waals surface area contributed by atoms with Gasteiger partial charge >= 0.3 is 0 Å². The van der Waals surface area contributed by atoms with Crippen LogP contribution in [0.4, 0.5) is 0 Å². The minimum atomic E-state index is 0.541. The van der Waals surface area contributed by atoms with Crippen molar-refractivity contribution in [3.8, 4) is 0 Å². The Kier molecular flexibility index (Phi) is 6.90. The molecule has 0 spiro atoms. The van der Waals surface area contributed by atoms with Crippen molar-refractivity contribution >= 4 is 5.96 Å². The van der Waals surface area contributed by atoms with Gasteiger partial charge in [-0.05, 0) is 31.4 Å². The van der Waals surface area contributed by atoms with Gasteiger partial charge in [-0.3, -0.25) is 9.67 Å². The maximum Gasteiger partial charge on any atom is 0.191 e. The minimum Gasteiger partial charge on any atom is -0.469 e. The molecule has 2 N–H and O–H groups in total. The van der Waals surface area contributed by atoms with Gasteiger partial charge in [0.1, 0.15) is 5.76 Å². The van der Waals surface area contributed by atoms with Crippen LogP contribution in [0.3, 0.4) is 0 Å². The van der Waals surface area contributed by atoms with Crippen LogP contribution < -0.4 is 10.6 Å². The molecule has 0 saturated heterocycles. The lowest BCUT2D eigenvalue weighted by atomic mass is 9.96. The topological polar surface area (TPSA) is 80.3 Å². The highest BCUT2D eigenvalue weighted by molar-refractivity contribution is 5.80. The zero-order valence-corrected chi connectivity index (χ0v) is 14.7. The third-order valence-corrected chi connectivity index (χ3v) is 4.48. The fourth-order valence-corrected chi connectivity index (χ4v) is 3.13. The van der Waals surface area contributed by atoms with Crippen LogP contribution in [0.25, 0.3) is 0 Å². The quantitative estimate of drug-likeness (QED) is 0.437. The van der Waals surface area contributed by atoms with Crippen molar-refractivity contribution in [3.63, 3.8) is 0 Å². The number of nitrogens with zero attached hydrogens (tertiary/aromatic N) is 4. The van der Waals surface area contributed by atoms with Crippen LogP contribution in [0.5, 0.6) is 0 Å². The van der Waals surface area contributed by atoms with Gasteiger partial charge in [0.2, 0.25) is 0 Å². The summed E-state index contributed by atoms with van der Waals surface area (Å²) in [6.45, 7) is 2.42. The monoisotopic (exact) mass is 344 g/mol. The molecular weight excluding hydrogens is 316 g/mol. The SMILES string of the molecule is c1coc(CCNC(=NCCCn2ccnn2)NC2CCCCC2)c1. The van der Waals surface area contributed by atoms with Crippen LogP contribution in [0.15, 0.2) is 40.2 Å². The van der Waals surface area contributed by atoms with Crippen molar-refractivity contribution in [2.45, 2.75) is 57.5 Å². The van der Waals surface area contributed by atoms with E-state index in [9.17, 15) is 0 Å². The molecule has 0 unspecified atom stereocenters. The van der Waals surface area contributed by atoms with Gasteiger partial charge in [-0.25, -0.2) is 0 Å². The zero-order chi connectivity index (χ0) is 17.2. The van der Waals surface area contributed by atoms with Crippen molar-refractivity contribution in [1.29, 1.82) is 0 Å². The first-order valence-electron chi connectivity index (χ1n) is 9.31. The summed E-state index contributed by atoms with van der Waals surface area (Å²) in [5.41, 5.74) is 0. The lowest BCUT2D eigenvalue weighted by Gasteiger charge is -2.25. The number of guanidine groups is 1. The molecule has 7 nitrogen and oxygen atoms in total. The van der Waals surface area contributed by atoms with E-state index in [1.165, 1.54) is 32.1 Å². The molecule has 0 aromatic carbocycles. The molecule has 0 atom stereocenters. The van der Waals surface area contributed by atoms with Gasteiger partial charge in [-0.2, -0.15) is 0 Å². The third kappa shape index (κ3) is 6.25. The van der Waals surface area contributed by atoms with Gasteiger partial charge in [-0.1, -0.05) is 24.5 Å². The molecular formula is C18H28N6O. The number of hydrogen-bond acceptors (Lipinski definition) is 4. The minimum absolute atomic E-state index is 0.541. The maximum atomic E-state index is 5.39. The van der Waals surface area contributed by atoms with E-state index < -0.39 is 0 Å². The molecule has 1 aliphatic carbocycles. The van der Waals surface area contributed by atoms with Crippen molar-refractivity contribution < 1.29 is 4.42 Å². The highest BCUT2D eigenvalue weighted by Gasteiger charge is 2.14. The molecule has 0 bridgehead atoms. The first kappa shape index (κ1) is 17.5. The molecule has 2 aromatic heterocycles. The average Bonchev–Trinajstić information content (AvgIpc) is 3.33. The first-order chi connectivity index (χ1) is 12.4. The predicted molar refractivity (Wildman–Crippen MR) is 97.4 cm³/mol. The summed E-state index contributed by atoms with van der Waals surface area (Å²) in [6.07, 6.45) is 13.5. The number of furan rings is 1. The van der Waals surface area contributed by atoms with Crippen LogP contribution in [-0.2, 0) is 13.0 Å². The van der Waals surface area contributed by atoms with Crippen LogP contribution in [-0.4, -0.2) is 40.1 Å². The van der Waals surface area contributed by atoms with Crippen LogP contribution >= 0.6 is 0 Å². The van der Waals surface area contributed by atoms with Gasteiger partial charge in [-0.15, -0.1) is 5.10 Å². The second-order valence-electron chi connectivity index (χ2n) is 6.49. The van der Waals surface area contributed by atoms with E-state index >= 15 is 0 Å². The van der Waals surface area contributed by atoms with Crippen LogP contribution in [0, 0.1) is 0 Å². The van der Waals surface area contributed by atoms with Crippen molar-refractivity contribution in [2.24, 2.45) is 4.99 Å². The molecule has 1 fully saturated rings. The molecule has 7 heteroatoms. The van der Waals surface area contributed by atoms with Gasteiger partial charge in [0.05, 0.1) is 12.5 Å². The van der Waals surface area contributed by atoms with Gasteiger partial charge in [0.15, 0.2) is 5.96 Å². The van der Waals surface area contributed by atoms with Crippen LogP contribution in [0.2, 0.25) is 0 Å². The van der Waals surface area contributed by atoms with Crippen molar-refractivity contribution in [3.05, 3.63) is 36.5 Å². The van der Waals surface area contributed by atoms with E-state index in [0.29, 0.717) is 6.04 Å². The molecule has 2 heterocycles. The highest BCUT2D eigenvalue weighted by Crippen LogP contribution is 2.17. The number of hydrogen-bond donors (Lipinski definition) is 2. The molecule has 25 heavy (non-hydrogen) atoms. The van der Waals surface area contributed by atoms with E-state index in [-0.39, 0.29) is 0 Å². The van der Waals surface area contributed by atoms with E-state index in [4.69, 9.17) is 9.41 Å². The van der Waals surface area contributed by atoms with E-state index in [1.54, 1.807) is 12.5 Å². The molecule has 136 valence electrons. The molecule has 1 saturated carbocycles. The molecule has 2 aromatic rings. The number of aromatic nitrogens is 3. The first-order valence-corrected chi connectivity index (χ1v) is 9.31. The summed E-state index contributed by atoms with van der Waals surface area (Å²) in [7, 11) is 0. The number of aliphatic imine (C=N–C) groups is 1. The van der Waals surface area contributed by atoms with E-state index in [0.717, 1.165) is 44.2 Å². The zero-order valence-electron chi connectivity index (χ0n) is 14.7. The standard InChI is InChI=1S/C18H28N6O/c1-2-6-16(7-3-1)22-18(20-11-9-17-8-4-15-25-17)19-10-5-13-24-14-12-21-23-24/h4,8,12,14-16H,1-3,5-7,9-11,13H2,(H2,19,20,22). The van der Waals surface area contributed by atoms with Gasteiger partial charge in [0, 0.05) is 38.3 Å². The number of aryl methyl sites for hydroxylation is 1. The maximum absolute atomic E-state index is 5.39. The normalized spacial score (nSPS) is 16.1. The molecule has 0 amide bonds. The number of rotatable bonds is 8. The average molecular weight is 344 g/mol. The highest BCUT2D eigenvalue weighted by atomic mass is 16.3. The molecule has 3 rings (SSSR count). The Labute approximate surface area is 148 Å². The third-order valence-electron chi connectivity index (χ3n) is 4.48. The Morgan fingerprint density at radius 3 is 3.00 bits per heavy atom. The van der Waals surface area contributed by atoms with Crippen LogP contribution in [0.1, 0.15) is 44.3 Å². The molecule has 0 aliphatic heterocycles. The lowest BCUT2D eigenvalue weighted by Crippen LogP contribution is -2.45. The smallest absolute Gasteiger partial charge is 0.191 e. The van der Waals surface area contributed by atoms with Crippen molar-refractivity contribution in [1.82, 2.24) is 25.6 Å². The number of nitrogens with one attached hydrogen (secondary N) is 2. The second kappa shape index (κ2) is 9.86. The fraction of sp³-hybridized carbons (Fsp3) is 0.611.